The molecule has 3 rings (SSSR count). The quantitative estimate of drug-likeness (QED) is 0.617. The average molecular weight is 323 g/mol. The van der Waals surface area contributed by atoms with Crippen LogP contribution in [0.5, 0.6) is 0 Å². The molecule has 0 aromatic carbocycles. The van der Waals surface area contributed by atoms with E-state index in [-0.39, 0.29) is 11.9 Å². The molecule has 6 nitrogen and oxygen atoms in total. The van der Waals surface area contributed by atoms with Gasteiger partial charge in [-0.25, -0.2) is 4.98 Å². The lowest BCUT2D eigenvalue weighted by Crippen LogP contribution is -2.52. The fraction of sp³-hybridized carbons (Fsp3) is 0.667. The fourth-order valence-electron chi connectivity index (χ4n) is 2.84. The van der Waals surface area contributed by atoms with E-state index in [9.17, 15) is 9.59 Å². The van der Waals surface area contributed by atoms with Gasteiger partial charge in [0.25, 0.3) is 0 Å². The number of amides is 1. The van der Waals surface area contributed by atoms with Crippen LogP contribution < -0.4 is 4.90 Å². The molecular formula is C15H21N3O3S. The highest BCUT2D eigenvalue weighted by Crippen LogP contribution is 2.48. The number of aryl methyl sites for hydroxylation is 1. The number of hydrogen-bond acceptors (Lipinski definition) is 6. The summed E-state index contributed by atoms with van der Waals surface area (Å²) >= 11 is 1.71. The van der Waals surface area contributed by atoms with Crippen molar-refractivity contribution in [3.63, 3.8) is 0 Å². The summed E-state index contributed by atoms with van der Waals surface area (Å²) in [6.07, 6.45) is 4.15. The Kier molecular flexibility index (Phi) is 4.08. The van der Waals surface area contributed by atoms with Gasteiger partial charge in [-0.1, -0.05) is 6.92 Å². The third kappa shape index (κ3) is 2.58. The van der Waals surface area contributed by atoms with Crippen LogP contribution in [0.1, 0.15) is 24.6 Å². The Balaban J connectivity index is 1.60. The lowest BCUT2D eigenvalue weighted by atomic mass is 10.1. The number of anilines is 1. The van der Waals surface area contributed by atoms with Crippen molar-refractivity contribution in [3.8, 4) is 0 Å². The third-order valence-corrected chi connectivity index (χ3v) is 5.67. The lowest BCUT2D eigenvalue weighted by molar-refractivity contribution is -0.156. The summed E-state index contributed by atoms with van der Waals surface area (Å²) in [5.41, 5.74) is -0.881. The number of piperazine rings is 1. The van der Waals surface area contributed by atoms with E-state index < -0.39 is 5.41 Å². The van der Waals surface area contributed by atoms with Crippen molar-refractivity contribution in [2.24, 2.45) is 5.41 Å². The fourth-order valence-corrected chi connectivity index (χ4v) is 3.74. The van der Waals surface area contributed by atoms with Gasteiger partial charge in [0.05, 0.1) is 7.11 Å². The topological polar surface area (TPSA) is 62.7 Å². The van der Waals surface area contributed by atoms with Crippen LogP contribution in [0.4, 0.5) is 5.13 Å². The summed E-state index contributed by atoms with van der Waals surface area (Å²) in [4.78, 5) is 34.1. The van der Waals surface area contributed by atoms with Crippen molar-refractivity contribution in [3.05, 3.63) is 11.1 Å². The standard InChI is InChI=1S/C15H21N3O3S/c1-3-11-10-16-14(22-11)18-8-6-17(7-9-18)12(19)15(4-5-15)13(20)21-2/h10H,3-9H2,1-2H3. The normalized spacial score (nSPS) is 19.9. The molecule has 2 aliphatic rings. The monoisotopic (exact) mass is 323 g/mol. The van der Waals surface area contributed by atoms with Gasteiger partial charge in [-0.15, -0.1) is 11.3 Å². The number of carbonyl (C=O) groups is 2. The number of esters is 1. The van der Waals surface area contributed by atoms with Crippen molar-refractivity contribution in [1.82, 2.24) is 9.88 Å². The van der Waals surface area contributed by atoms with Gasteiger partial charge >= 0.3 is 5.97 Å². The van der Waals surface area contributed by atoms with Gasteiger partial charge in [0.15, 0.2) is 5.13 Å². The van der Waals surface area contributed by atoms with E-state index in [1.165, 1.54) is 12.0 Å². The van der Waals surface area contributed by atoms with Crippen LogP contribution >= 0.6 is 11.3 Å². The number of nitrogens with zero attached hydrogens (tertiary/aromatic N) is 3. The average Bonchev–Trinajstić information content (AvgIpc) is 3.24. The molecule has 0 spiro atoms. The molecule has 2 fully saturated rings. The minimum Gasteiger partial charge on any atom is -0.468 e. The second-order valence-corrected chi connectivity index (χ2v) is 6.91. The molecule has 0 bridgehead atoms. The van der Waals surface area contributed by atoms with Gasteiger partial charge in [-0.05, 0) is 19.3 Å². The molecule has 0 atom stereocenters. The molecule has 1 amide bonds. The number of methoxy groups -OCH3 is 1. The Morgan fingerprint density at radius 2 is 2.00 bits per heavy atom. The molecule has 0 N–H and O–H groups in total. The number of ether oxygens (including phenoxy) is 1. The number of thiazole rings is 1. The number of hydrogen-bond donors (Lipinski definition) is 0. The van der Waals surface area contributed by atoms with Gasteiger partial charge < -0.3 is 14.5 Å². The number of rotatable bonds is 4. The molecule has 1 saturated carbocycles. The highest BCUT2D eigenvalue weighted by atomic mass is 32.1. The Hall–Kier alpha value is -1.63. The molecule has 1 aliphatic carbocycles. The van der Waals surface area contributed by atoms with Gasteiger partial charge in [-0.2, -0.15) is 0 Å². The van der Waals surface area contributed by atoms with Crippen molar-refractivity contribution in [1.29, 1.82) is 0 Å². The first-order valence-corrected chi connectivity index (χ1v) is 8.50. The summed E-state index contributed by atoms with van der Waals surface area (Å²) in [6.45, 7) is 4.92. The minimum absolute atomic E-state index is 0.0626. The van der Waals surface area contributed by atoms with E-state index in [0.29, 0.717) is 25.9 Å². The molecule has 7 heteroatoms. The predicted molar refractivity (Wildman–Crippen MR) is 84.0 cm³/mol. The predicted octanol–water partition coefficient (Wildman–Crippen LogP) is 1.31. The zero-order valence-corrected chi connectivity index (χ0v) is 13.8. The third-order valence-electron chi connectivity index (χ3n) is 4.46. The van der Waals surface area contributed by atoms with E-state index in [0.717, 1.165) is 24.6 Å². The smallest absolute Gasteiger partial charge is 0.321 e. The SMILES string of the molecule is CCc1cnc(N2CCN(C(=O)C3(C(=O)OC)CC3)CC2)s1. The summed E-state index contributed by atoms with van der Waals surface area (Å²) < 4.78 is 4.79. The Bertz CT molecular complexity index is 574. The zero-order chi connectivity index (χ0) is 15.7. The van der Waals surface area contributed by atoms with E-state index in [2.05, 4.69) is 16.8 Å². The molecule has 120 valence electrons. The molecule has 2 heterocycles. The molecule has 0 radical (unpaired) electrons. The zero-order valence-electron chi connectivity index (χ0n) is 13.0. The second kappa shape index (κ2) is 5.87. The Morgan fingerprint density at radius 1 is 1.32 bits per heavy atom. The molecular weight excluding hydrogens is 302 g/mol. The summed E-state index contributed by atoms with van der Waals surface area (Å²) in [7, 11) is 1.35. The van der Waals surface area contributed by atoms with Crippen molar-refractivity contribution < 1.29 is 14.3 Å². The largest absolute Gasteiger partial charge is 0.468 e. The molecule has 1 aliphatic heterocycles. The molecule has 1 aromatic rings. The molecule has 0 unspecified atom stereocenters. The maximum absolute atomic E-state index is 12.6. The van der Waals surface area contributed by atoms with E-state index in [4.69, 9.17) is 4.74 Å². The number of carbonyl (C=O) groups excluding carboxylic acids is 2. The van der Waals surface area contributed by atoms with Crippen LogP contribution in [-0.2, 0) is 20.7 Å². The second-order valence-electron chi connectivity index (χ2n) is 5.82. The van der Waals surface area contributed by atoms with Crippen molar-refractivity contribution in [2.45, 2.75) is 26.2 Å². The van der Waals surface area contributed by atoms with Crippen LogP contribution in [0.25, 0.3) is 0 Å². The summed E-state index contributed by atoms with van der Waals surface area (Å²) in [6, 6.07) is 0. The molecule has 1 aromatic heterocycles. The first-order valence-electron chi connectivity index (χ1n) is 7.68. The van der Waals surface area contributed by atoms with Crippen LogP contribution in [0, 0.1) is 5.41 Å². The Morgan fingerprint density at radius 3 is 2.50 bits per heavy atom. The Labute approximate surface area is 134 Å². The van der Waals surface area contributed by atoms with Crippen LogP contribution in [0.15, 0.2) is 6.20 Å². The molecule has 22 heavy (non-hydrogen) atoms. The number of aromatic nitrogens is 1. The van der Waals surface area contributed by atoms with Crippen LogP contribution in [-0.4, -0.2) is 55.0 Å². The summed E-state index contributed by atoms with van der Waals surface area (Å²) in [5.74, 6) is -0.445. The first kappa shape index (κ1) is 15.3. The highest BCUT2D eigenvalue weighted by molar-refractivity contribution is 7.15. The maximum atomic E-state index is 12.6. The van der Waals surface area contributed by atoms with E-state index >= 15 is 0 Å². The lowest BCUT2D eigenvalue weighted by Gasteiger charge is -2.36. The maximum Gasteiger partial charge on any atom is 0.321 e. The van der Waals surface area contributed by atoms with E-state index in [1.807, 2.05) is 6.20 Å². The highest BCUT2D eigenvalue weighted by Gasteiger charge is 2.59. The molecule has 1 saturated heterocycles. The minimum atomic E-state index is -0.881. The van der Waals surface area contributed by atoms with Gasteiger partial charge in [0.1, 0.15) is 5.41 Å². The van der Waals surface area contributed by atoms with Crippen LogP contribution in [0.2, 0.25) is 0 Å². The van der Waals surface area contributed by atoms with Gasteiger partial charge in [-0.3, -0.25) is 9.59 Å². The first-order chi connectivity index (χ1) is 10.6. The van der Waals surface area contributed by atoms with Crippen LogP contribution in [0.3, 0.4) is 0 Å². The van der Waals surface area contributed by atoms with Crippen molar-refractivity contribution >= 4 is 28.3 Å². The van der Waals surface area contributed by atoms with Gasteiger partial charge in [0, 0.05) is 37.3 Å². The van der Waals surface area contributed by atoms with Gasteiger partial charge in [0.2, 0.25) is 5.91 Å². The summed E-state index contributed by atoms with van der Waals surface area (Å²) in [5, 5.41) is 1.03. The van der Waals surface area contributed by atoms with E-state index in [1.54, 1.807) is 16.2 Å². The van der Waals surface area contributed by atoms with Crippen molar-refractivity contribution in [2.75, 3.05) is 38.2 Å².